The van der Waals surface area contributed by atoms with Crippen LogP contribution in [0.2, 0.25) is 0 Å². The van der Waals surface area contributed by atoms with Crippen molar-refractivity contribution in [2.75, 3.05) is 0 Å². The van der Waals surface area contributed by atoms with Crippen LogP contribution in [0.25, 0.3) is 22.4 Å². The summed E-state index contributed by atoms with van der Waals surface area (Å²) in [6, 6.07) is 7.36. The molecule has 19 heavy (non-hydrogen) atoms. The molecular formula is C14H9F2N3. The van der Waals surface area contributed by atoms with Gasteiger partial charge in [-0.1, -0.05) is 12.1 Å². The predicted molar refractivity (Wildman–Crippen MR) is 67.2 cm³/mol. The number of H-pyrrole nitrogens is 1. The Morgan fingerprint density at radius 1 is 1.00 bits per heavy atom. The normalized spacial score (nSPS) is 10.6. The molecule has 94 valence electrons. The molecule has 0 bridgehead atoms. The number of rotatable bonds is 2. The van der Waals surface area contributed by atoms with E-state index in [1.165, 1.54) is 6.07 Å². The van der Waals surface area contributed by atoms with Gasteiger partial charge in [-0.25, -0.2) is 8.78 Å². The van der Waals surface area contributed by atoms with Crippen LogP contribution in [0.1, 0.15) is 0 Å². The van der Waals surface area contributed by atoms with Crippen molar-refractivity contribution >= 4 is 0 Å². The van der Waals surface area contributed by atoms with Gasteiger partial charge < -0.3 is 0 Å². The highest BCUT2D eigenvalue weighted by atomic mass is 19.2. The molecule has 0 atom stereocenters. The van der Waals surface area contributed by atoms with Crippen LogP contribution in [0.4, 0.5) is 8.78 Å². The third kappa shape index (κ3) is 2.10. The molecule has 0 saturated carbocycles. The van der Waals surface area contributed by atoms with Gasteiger partial charge in [-0.2, -0.15) is 5.10 Å². The van der Waals surface area contributed by atoms with Crippen LogP contribution in [0.3, 0.4) is 0 Å². The summed E-state index contributed by atoms with van der Waals surface area (Å²) in [5.41, 5.74) is 2.76. The first-order chi connectivity index (χ1) is 9.25. The first-order valence-corrected chi connectivity index (χ1v) is 5.65. The van der Waals surface area contributed by atoms with E-state index >= 15 is 0 Å². The molecule has 0 saturated heterocycles. The number of nitrogens with one attached hydrogen (secondary N) is 1. The first kappa shape index (κ1) is 11.5. The second-order valence-corrected chi connectivity index (χ2v) is 4.02. The third-order valence-corrected chi connectivity index (χ3v) is 2.81. The number of aromatic amines is 1. The summed E-state index contributed by atoms with van der Waals surface area (Å²) in [5.74, 6) is -1.74. The Bertz CT molecular complexity index is 708. The minimum Gasteiger partial charge on any atom is -0.285 e. The van der Waals surface area contributed by atoms with Crippen LogP contribution in [0.5, 0.6) is 0 Å². The monoisotopic (exact) mass is 257 g/mol. The SMILES string of the molecule is Fc1ccc(-c2cccnc2-c2cn[nH]c2)cc1F. The molecule has 0 aliphatic rings. The Morgan fingerprint density at radius 2 is 1.89 bits per heavy atom. The standard InChI is InChI=1S/C14H9F2N3/c15-12-4-3-9(6-13(12)16)11-2-1-5-17-14(11)10-7-18-19-8-10/h1-8H,(H,18,19). The van der Waals surface area contributed by atoms with Crippen molar-refractivity contribution in [3.63, 3.8) is 0 Å². The van der Waals surface area contributed by atoms with E-state index in [4.69, 9.17) is 0 Å². The Labute approximate surface area is 107 Å². The predicted octanol–water partition coefficient (Wildman–Crippen LogP) is 3.42. The highest BCUT2D eigenvalue weighted by Crippen LogP contribution is 2.30. The van der Waals surface area contributed by atoms with Crippen molar-refractivity contribution in [2.24, 2.45) is 0 Å². The lowest BCUT2D eigenvalue weighted by Crippen LogP contribution is -1.90. The summed E-state index contributed by atoms with van der Waals surface area (Å²) >= 11 is 0. The molecule has 1 N–H and O–H groups in total. The van der Waals surface area contributed by atoms with Crippen LogP contribution in [0.15, 0.2) is 48.9 Å². The van der Waals surface area contributed by atoms with Gasteiger partial charge in [0.2, 0.25) is 0 Å². The van der Waals surface area contributed by atoms with Gasteiger partial charge in [0.05, 0.1) is 11.9 Å². The maximum absolute atomic E-state index is 13.3. The Kier molecular flexibility index (Phi) is 2.79. The van der Waals surface area contributed by atoms with Crippen molar-refractivity contribution in [1.29, 1.82) is 0 Å². The van der Waals surface area contributed by atoms with Gasteiger partial charge in [0, 0.05) is 23.5 Å². The molecule has 3 nitrogen and oxygen atoms in total. The van der Waals surface area contributed by atoms with Gasteiger partial charge in [0.25, 0.3) is 0 Å². The second kappa shape index (κ2) is 4.61. The highest BCUT2D eigenvalue weighted by molar-refractivity contribution is 5.79. The average Bonchev–Trinajstić information content (AvgIpc) is 2.96. The van der Waals surface area contributed by atoms with E-state index in [2.05, 4.69) is 15.2 Å². The van der Waals surface area contributed by atoms with Crippen LogP contribution in [-0.4, -0.2) is 15.2 Å². The lowest BCUT2D eigenvalue weighted by Gasteiger charge is -2.07. The van der Waals surface area contributed by atoms with E-state index in [-0.39, 0.29) is 0 Å². The fraction of sp³-hybridized carbons (Fsp3) is 0. The number of aromatic nitrogens is 3. The van der Waals surface area contributed by atoms with E-state index in [0.29, 0.717) is 11.3 Å². The van der Waals surface area contributed by atoms with Crippen molar-refractivity contribution in [1.82, 2.24) is 15.2 Å². The molecule has 3 rings (SSSR count). The van der Waals surface area contributed by atoms with E-state index < -0.39 is 11.6 Å². The second-order valence-electron chi connectivity index (χ2n) is 4.02. The van der Waals surface area contributed by atoms with Crippen molar-refractivity contribution in [3.8, 4) is 22.4 Å². The van der Waals surface area contributed by atoms with Crippen LogP contribution in [-0.2, 0) is 0 Å². The maximum atomic E-state index is 13.3. The minimum atomic E-state index is -0.875. The number of halogens is 2. The van der Waals surface area contributed by atoms with Gasteiger partial charge in [-0.3, -0.25) is 10.1 Å². The van der Waals surface area contributed by atoms with E-state index in [0.717, 1.165) is 23.3 Å². The maximum Gasteiger partial charge on any atom is 0.159 e. The highest BCUT2D eigenvalue weighted by Gasteiger charge is 2.11. The average molecular weight is 257 g/mol. The molecule has 2 aromatic heterocycles. The van der Waals surface area contributed by atoms with Gasteiger partial charge in [0.1, 0.15) is 0 Å². The van der Waals surface area contributed by atoms with E-state index in [9.17, 15) is 8.78 Å². The summed E-state index contributed by atoms with van der Waals surface area (Å²) < 4.78 is 26.3. The molecule has 0 spiro atoms. The molecule has 0 radical (unpaired) electrons. The molecular weight excluding hydrogens is 248 g/mol. The molecule has 0 aliphatic heterocycles. The molecule has 0 fully saturated rings. The molecule has 0 unspecified atom stereocenters. The number of nitrogens with zero attached hydrogens (tertiary/aromatic N) is 2. The largest absolute Gasteiger partial charge is 0.285 e. The topological polar surface area (TPSA) is 41.6 Å². The zero-order valence-corrected chi connectivity index (χ0v) is 9.77. The fourth-order valence-corrected chi connectivity index (χ4v) is 1.91. The third-order valence-electron chi connectivity index (χ3n) is 2.81. The Morgan fingerprint density at radius 3 is 2.63 bits per heavy atom. The smallest absolute Gasteiger partial charge is 0.159 e. The zero-order valence-electron chi connectivity index (χ0n) is 9.77. The summed E-state index contributed by atoms with van der Waals surface area (Å²) in [4.78, 5) is 4.27. The summed E-state index contributed by atoms with van der Waals surface area (Å²) in [6.07, 6.45) is 4.98. The molecule has 1 aromatic carbocycles. The molecule has 3 aromatic rings. The number of benzene rings is 1. The number of hydrogen-bond acceptors (Lipinski definition) is 2. The minimum absolute atomic E-state index is 0.572. The lowest BCUT2D eigenvalue weighted by atomic mass is 10.0. The van der Waals surface area contributed by atoms with Crippen molar-refractivity contribution in [2.45, 2.75) is 0 Å². The van der Waals surface area contributed by atoms with Gasteiger partial charge >= 0.3 is 0 Å². The van der Waals surface area contributed by atoms with Gasteiger partial charge in [-0.15, -0.1) is 0 Å². The van der Waals surface area contributed by atoms with Gasteiger partial charge in [0.15, 0.2) is 11.6 Å². The number of hydrogen-bond donors (Lipinski definition) is 1. The lowest BCUT2D eigenvalue weighted by molar-refractivity contribution is 0.509. The summed E-state index contributed by atoms with van der Waals surface area (Å²) in [5, 5.41) is 6.57. The van der Waals surface area contributed by atoms with Crippen LogP contribution in [0, 0.1) is 11.6 Å². The van der Waals surface area contributed by atoms with E-state index in [1.54, 1.807) is 24.7 Å². The molecule has 2 heterocycles. The van der Waals surface area contributed by atoms with Crippen LogP contribution < -0.4 is 0 Å². The number of pyridine rings is 1. The zero-order chi connectivity index (χ0) is 13.2. The van der Waals surface area contributed by atoms with E-state index in [1.807, 2.05) is 6.07 Å². The Balaban J connectivity index is 2.17. The fourth-order valence-electron chi connectivity index (χ4n) is 1.91. The quantitative estimate of drug-likeness (QED) is 0.764. The van der Waals surface area contributed by atoms with Gasteiger partial charge in [-0.05, 0) is 23.8 Å². The Hall–Kier alpha value is -2.56. The summed E-state index contributed by atoms with van der Waals surface area (Å²) in [7, 11) is 0. The molecule has 0 aliphatic carbocycles. The van der Waals surface area contributed by atoms with Crippen LogP contribution >= 0.6 is 0 Å². The van der Waals surface area contributed by atoms with Crippen molar-refractivity contribution in [3.05, 3.63) is 60.6 Å². The molecule has 0 amide bonds. The first-order valence-electron chi connectivity index (χ1n) is 5.65. The summed E-state index contributed by atoms with van der Waals surface area (Å²) in [6.45, 7) is 0. The van der Waals surface area contributed by atoms with Crippen molar-refractivity contribution < 1.29 is 8.78 Å². The molecule has 5 heteroatoms.